The fourth-order valence-electron chi connectivity index (χ4n) is 3.21. The fraction of sp³-hybridized carbons (Fsp3) is 0.200. The van der Waals surface area contributed by atoms with E-state index in [1.807, 2.05) is 24.3 Å². The molecule has 1 fully saturated rings. The number of hydrogen-bond donors (Lipinski definition) is 0. The number of nitro groups is 1. The van der Waals surface area contributed by atoms with E-state index in [0.29, 0.717) is 19.0 Å². The Hall–Kier alpha value is -2.53. The molecule has 0 aromatic heterocycles. The van der Waals surface area contributed by atoms with Gasteiger partial charge in [-0.3, -0.25) is 10.1 Å². The third kappa shape index (κ3) is 4.17. The molecule has 1 saturated heterocycles. The van der Waals surface area contributed by atoms with Gasteiger partial charge in [-0.25, -0.2) is 8.42 Å². The number of hydrogen-bond acceptors (Lipinski definition) is 6. The van der Waals surface area contributed by atoms with Crippen molar-refractivity contribution in [3.63, 3.8) is 0 Å². The zero-order chi connectivity index (χ0) is 21.3. The SMILES string of the molecule is O=[N+]([O-])c1cc(S(=O)(=O)N2CCOCC2)ccc1Oc1ccc2cc(Br)ccc2c1. The van der Waals surface area contributed by atoms with E-state index >= 15 is 0 Å². The lowest BCUT2D eigenvalue weighted by Gasteiger charge is -2.26. The largest absolute Gasteiger partial charge is 0.450 e. The molecule has 0 spiro atoms. The van der Waals surface area contributed by atoms with Gasteiger partial charge in [0.1, 0.15) is 5.75 Å². The first-order chi connectivity index (χ1) is 14.3. The summed E-state index contributed by atoms with van der Waals surface area (Å²) in [5.41, 5.74) is -0.416. The lowest BCUT2D eigenvalue weighted by Crippen LogP contribution is -2.40. The van der Waals surface area contributed by atoms with E-state index in [1.54, 1.807) is 12.1 Å². The van der Waals surface area contributed by atoms with Crippen LogP contribution in [0.3, 0.4) is 0 Å². The Morgan fingerprint density at radius 1 is 1.00 bits per heavy atom. The van der Waals surface area contributed by atoms with Gasteiger partial charge in [-0.2, -0.15) is 4.31 Å². The van der Waals surface area contributed by atoms with E-state index in [9.17, 15) is 18.5 Å². The van der Waals surface area contributed by atoms with Crippen molar-refractivity contribution >= 4 is 42.4 Å². The van der Waals surface area contributed by atoms with Crippen molar-refractivity contribution in [3.05, 3.63) is 69.2 Å². The molecule has 1 aliphatic heterocycles. The van der Waals surface area contributed by atoms with Crippen molar-refractivity contribution in [3.8, 4) is 11.5 Å². The predicted molar refractivity (Wildman–Crippen MR) is 114 cm³/mol. The van der Waals surface area contributed by atoms with Gasteiger partial charge in [0, 0.05) is 23.6 Å². The summed E-state index contributed by atoms with van der Waals surface area (Å²) in [6, 6.07) is 14.7. The summed E-state index contributed by atoms with van der Waals surface area (Å²) < 4.78 is 38.7. The van der Waals surface area contributed by atoms with Crippen LogP contribution in [0.2, 0.25) is 0 Å². The molecule has 0 amide bonds. The Balaban J connectivity index is 1.67. The monoisotopic (exact) mass is 492 g/mol. The van der Waals surface area contributed by atoms with Crippen LogP contribution in [0.15, 0.2) is 64.0 Å². The molecule has 3 aromatic rings. The number of fused-ring (bicyclic) bond motifs is 1. The van der Waals surface area contributed by atoms with Gasteiger partial charge in [0.15, 0.2) is 0 Å². The lowest BCUT2D eigenvalue weighted by molar-refractivity contribution is -0.385. The lowest BCUT2D eigenvalue weighted by atomic mass is 10.1. The van der Waals surface area contributed by atoms with Crippen LogP contribution in [-0.2, 0) is 14.8 Å². The molecule has 0 atom stereocenters. The van der Waals surface area contributed by atoms with E-state index in [1.165, 1.54) is 16.4 Å². The van der Waals surface area contributed by atoms with Gasteiger partial charge in [-0.15, -0.1) is 0 Å². The van der Waals surface area contributed by atoms with E-state index < -0.39 is 20.6 Å². The molecular weight excluding hydrogens is 476 g/mol. The Bertz CT molecular complexity index is 1230. The molecule has 8 nitrogen and oxygen atoms in total. The molecule has 1 aliphatic rings. The second-order valence-corrected chi connectivity index (χ2v) is 9.51. The van der Waals surface area contributed by atoms with Crippen molar-refractivity contribution in [2.24, 2.45) is 0 Å². The summed E-state index contributed by atoms with van der Waals surface area (Å²) in [5, 5.41) is 13.5. The van der Waals surface area contributed by atoms with Crippen molar-refractivity contribution in [2.75, 3.05) is 26.3 Å². The number of morpholine rings is 1. The molecule has 30 heavy (non-hydrogen) atoms. The highest BCUT2D eigenvalue weighted by atomic mass is 79.9. The van der Waals surface area contributed by atoms with Crippen molar-refractivity contribution in [1.82, 2.24) is 4.31 Å². The quantitative estimate of drug-likeness (QED) is 0.388. The van der Waals surface area contributed by atoms with Crippen LogP contribution < -0.4 is 4.74 Å². The molecule has 0 saturated carbocycles. The zero-order valence-electron chi connectivity index (χ0n) is 15.7. The first kappa shape index (κ1) is 20.7. The third-order valence-corrected chi connectivity index (χ3v) is 7.12. The summed E-state index contributed by atoms with van der Waals surface area (Å²) in [5.74, 6) is 0.383. The average molecular weight is 493 g/mol. The number of nitrogens with zero attached hydrogens (tertiary/aromatic N) is 2. The predicted octanol–water partition coefficient (Wildman–Crippen LogP) is 4.32. The Labute approximate surface area is 181 Å². The Kier molecular flexibility index (Phi) is 5.74. The van der Waals surface area contributed by atoms with E-state index in [4.69, 9.17) is 9.47 Å². The van der Waals surface area contributed by atoms with Gasteiger partial charge in [0.2, 0.25) is 15.8 Å². The number of sulfonamides is 1. The van der Waals surface area contributed by atoms with Crippen molar-refractivity contribution in [1.29, 1.82) is 0 Å². The third-order valence-electron chi connectivity index (χ3n) is 4.74. The maximum Gasteiger partial charge on any atom is 0.312 e. The summed E-state index contributed by atoms with van der Waals surface area (Å²) in [6.07, 6.45) is 0. The zero-order valence-corrected chi connectivity index (χ0v) is 18.1. The van der Waals surface area contributed by atoms with E-state index in [2.05, 4.69) is 15.9 Å². The minimum Gasteiger partial charge on any atom is -0.450 e. The van der Waals surface area contributed by atoms with Gasteiger partial charge in [0.05, 0.1) is 23.0 Å². The summed E-state index contributed by atoms with van der Waals surface area (Å²) >= 11 is 3.42. The van der Waals surface area contributed by atoms with E-state index in [-0.39, 0.29) is 23.7 Å². The van der Waals surface area contributed by atoms with Crippen LogP contribution in [0.5, 0.6) is 11.5 Å². The van der Waals surface area contributed by atoms with E-state index in [0.717, 1.165) is 21.3 Å². The van der Waals surface area contributed by atoms with Crippen molar-refractivity contribution in [2.45, 2.75) is 4.90 Å². The minimum absolute atomic E-state index is 0.0302. The number of rotatable bonds is 5. The Morgan fingerprint density at radius 2 is 1.70 bits per heavy atom. The molecule has 3 aromatic carbocycles. The minimum atomic E-state index is -3.85. The Morgan fingerprint density at radius 3 is 2.43 bits per heavy atom. The molecule has 156 valence electrons. The smallest absolute Gasteiger partial charge is 0.312 e. The normalized spacial score (nSPS) is 15.2. The van der Waals surface area contributed by atoms with Gasteiger partial charge in [-0.05, 0) is 47.2 Å². The molecule has 0 unspecified atom stereocenters. The van der Waals surface area contributed by atoms with Gasteiger partial charge in [0.25, 0.3) is 0 Å². The highest BCUT2D eigenvalue weighted by Gasteiger charge is 2.29. The summed E-state index contributed by atoms with van der Waals surface area (Å²) in [7, 11) is -3.85. The topological polar surface area (TPSA) is 99.0 Å². The molecule has 1 heterocycles. The van der Waals surface area contributed by atoms with Crippen LogP contribution in [0, 0.1) is 10.1 Å². The fourth-order valence-corrected chi connectivity index (χ4v) is 5.02. The van der Waals surface area contributed by atoms with Crippen LogP contribution in [0.4, 0.5) is 5.69 Å². The number of benzene rings is 3. The molecular formula is C20H17BrN2O6S. The van der Waals surface area contributed by atoms with Crippen LogP contribution in [0.1, 0.15) is 0 Å². The molecule has 4 rings (SSSR count). The highest BCUT2D eigenvalue weighted by Crippen LogP contribution is 2.35. The van der Waals surface area contributed by atoms with Crippen LogP contribution in [-0.4, -0.2) is 43.9 Å². The number of ether oxygens (including phenoxy) is 2. The second kappa shape index (κ2) is 8.31. The summed E-state index contributed by atoms with van der Waals surface area (Å²) in [4.78, 5) is 10.8. The first-order valence-electron chi connectivity index (χ1n) is 9.08. The van der Waals surface area contributed by atoms with Gasteiger partial charge >= 0.3 is 5.69 Å². The van der Waals surface area contributed by atoms with Gasteiger partial charge in [-0.1, -0.05) is 28.1 Å². The molecule has 0 radical (unpaired) electrons. The number of halogens is 1. The molecule has 10 heteroatoms. The first-order valence-corrected chi connectivity index (χ1v) is 11.3. The highest BCUT2D eigenvalue weighted by molar-refractivity contribution is 9.10. The van der Waals surface area contributed by atoms with Crippen molar-refractivity contribution < 1.29 is 22.8 Å². The maximum absolute atomic E-state index is 12.8. The second-order valence-electron chi connectivity index (χ2n) is 6.66. The maximum atomic E-state index is 12.8. The van der Waals surface area contributed by atoms with Crippen LogP contribution >= 0.6 is 15.9 Å². The van der Waals surface area contributed by atoms with Gasteiger partial charge < -0.3 is 9.47 Å². The molecule has 0 bridgehead atoms. The average Bonchev–Trinajstić information content (AvgIpc) is 2.74. The molecule has 0 N–H and O–H groups in total. The molecule has 0 aliphatic carbocycles. The standard InChI is InChI=1S/C20H17BrN2O6S/c21-16-3-1-15-12-17(4-2-14(15)11-16)29-20-6-5-18(13-19(20)23(24)25)30(26,27)22-7-9-28-10-8-22/h1-6,11-13H,7-10H2. The number of nitro benzene ring substituents is 1. The van der Waals surface area contributed by atoms with Crippen LogP contribution in [0.25, 0.3) is 10.8 Å². The summed E-state index contributed by atoms with van der Waals surface area (Å²) in [6.45, 7) is 1.01.